The summed E-state index contributed by atoms with van der Waals surface area (Å²) in [5.74, 6) is -0.990. The zero-order valence-electron chi connectivity index (χ0n) is 19.0. The number of amides is 1. The first-order valence-electron chi connectivity index (χ1n) is 10.1. The van der Waals surface area contributed by atoms with Crippen LogP contribution in [0.5, 0.6) is 0 Å². The molecule has 9 heteroatoms. The molecular formula is C23H29N5O4. The topological polar surface area (TPSA) is 119 Å². The molecule has 0 aliphatic rings. The molecule has 0 bridgehead atoms. The van der Waals surface area contributed by atoms with Crippen LogP contribution in [-0.4, -0.2) is 51.6 Å². The Balaban J connectivity index is 2.45. The molecule has 0 radical (unpaired) electrons. The highest BCUT2D eigenvalue weighted by atomic mass is 16.5. The van der Waals surface area contributed by atoms with E-state index in [9.17, 15) is 9.59 Å². The molecule has 0 saturated carbocycles. The van der Waals surface area contributed by atoms with Gasteiger partial charge in [-0.2, -0.15) is 5.10 Å². The van der Waals surface area contributed by atoms with Crippen LogP contribution in [0.15, 0.2) is 47.9 Å². The van der Waals surface area contributed by atoms with Gasteiger partial charge in [-0.05, 0) is 36.1 Å². The average molecular weight is 440 g/mol. The number of carbonyl (C=O) groups excluding carboxylic acids is 1. The normalized spacial score (nSPS) is 12.1. The zero-order chi connectivity index (χ0) is 23.9. The summed E-state index contributed by atoms with van der Waals surface area (Å²) in [6, 6.07) is 4.57. The molecule has 170 valence electrons. The Labute approximate surface area is 187 Å². The fourth-order valence-corrected chi connectivity index (χ4v) is 2.56. The molecule has 0 aliphatic carbocycles. The second-order valence-corrected chi connectivity index (χ2v) is 8.21. The number of aromatic nitrogens is 3. The highest BCUT2D eigenvalue weighted by molar-refractivity contribution is 6.03. The summed E-state index contributed by atoms with van der Waals surface area (Å²) in [5.41, 5.74) is 1.42. The monoisotopic (exact) mass is 439 g/mol. The van der Waals surface area contributed by atoms with Crippen molar-refractivity contribution in [2.75, 3.05) is 13.7 Å². The van der Waals surface area contributed by atoms with E-state index >= 15 is 0 Å². The maximum absolute atomic E-state index is 12.7. The van der Waals surface area contributed by atoms with Gasteiger partial charge in [0.2, 0.25) is 5.88 Å². The number of ether oxygens (including phenoxy) is 1. The second kappa shape index (κ2) is 10.5. The second-order valence-electron chi connectivity index (χ2n) is 8.21. The smallest absolute Gasteiger partial charge is 0.337 e. The molecule has 32 heavy (non-hydrogen) atoms. The van der Waals surface area contributed by atoms with Crippen molar-refractivity contribution in [3.63, 3.8) is 0 Å². The van der Waals surface area contributed by atoms with Gasteiger partial charge in [-0.1, -0.05) is 34.3 Å². The van der Waals surface area contributed by atoms with E-state index in [1.807, 2.05) is 33.8 Å². The third-order valence-corrected chi connectivity index (χ3v) is 4.19. The molecule has 0 fully saturated rings. The zero-order valence-corrected chi connectivity index (χ0v) is 19.0. The van der Waals surface area contributed by atoms with Gasteiger partial charge in [-0.25, -0.2) is 14.5 Å². The van der Waals surface area contributed by atoms with Gasteiger partial charge in [0.05, 0.1) is 36.0 Å². The number of allylic oxidation sites excluding steroid dienone is 2. The van der Waals surface area contributed by atoms with Crippen LogP contribution in [0, 0.1) is 5.41 Å². The molecule has 0 atom stereocenters. The Kier molecular flexibility index (Phi) is 8.06. The van der Waals surface area contributed by atoms with Crippen molar-refractivity contribution in [2.24, 2.45) is 10.4 Å². The Morgan fingerprint density at radius 1 is 1.34 bits per heavy atom. The molecule has 0 spiro atoms. The number of hydrogen-bond acceptors (Lipinski definition) is 6. The minimum absolute atomic E-state index is 0.0535. The largest absolute Gasteiger partial charge is 0.481 e. The van der Waals surface area contributed by atoms with Crippen molar-refractivity contribution in [3.8, 4) is 11.4 Å². The third kappa shape index (κ3) is 6.63. The number of pyridine rings is 1. The maximum Gasteiger partial charge on any atom is 0.337 e. The van der Waals surface area contributed by atoms with E-state index in [0.717, 1.165) is 6.42 Å². The van der Waals surface area contributed by atoms with E-state index in [4.69, 9.17) is 9.84 Å². The van der Waals surface area contributed by atoms with E-state index in [0.29, 0.717) is 29.5 Å². The SMILES string of the molecule is C=C(/C=N\C(=C/CC)OC)n1nc(C(=O)NCC(C)(C)C)cc1-c1ccc(C(=O)O)cn1. The lowest BCUT2D eigenvalue weighted by molar-refractivity contribution is 0.0696. The lowest BCUT2D eigenvalue weighted by atomic mass is 9.97. The summed E-state index contributed by atoms with van der Waals surface area (Å²) in [5, 5.41) is 16.4. The van der Waals surface area contributed by atoms with Gasteiger partial charge >= 0.3 is 5.97 Å². The van der Waals surface area contributed by atoms with Gasteiger partial charge in [-0.3, -0.25) is 9.78 Å². The van der Waals surface area contributed by atoms with Crippen molar-refractivity contribution in [1.82, 2.24) is 20.1 Å². The molecular weight excluding hydrogens is 410 g/mol. The summed E-state index contributed by atoms with van der Waals surface area (Å²) < 4.78 is 6.64. The Bertz CT molecular complexity index is 1040. The van der Waals surface area contributed by atoms with Crippen molar-refractivity contribution in [1.29, 1.82) is 0 Å². The van der Waals surface area contributed by atoms with Crippen LogP contribution in [-0.2, 0) is 4.74 Å². The molecule has 1 amide bonds. The molecule has 0 aromatic carbocycles. The van der Waals surface area contributed by atoms with Gasteiger partial charge in [-0.15, -0.1) is 0 Å². The first-order chi connectivity index (χ1) is 15.1. The van der Waals surface area contributed by atoms with Gasteiger partial charge in [0, 0.05) is 12.7 Å². The van der Waals surface area contributed by atoms with E-state index in [-0.39, 0.29) is 22.6 Å². The summed E-state index contributed by atoms with van der Waals surface area (Å²) >= 11 is 0. The Hall–Kier alpha value is -3.75. The number of carboxylic acids is 1. The van der Waals surface area contributed by atoms with Crippen molar-refractivity contribution >= 4 is 23.8 Å². The van der Waals surface area contributed by atoms with E-state index in [1.165, 1.54) is 30.3 Å². The quantitative estimate of drug-likeness (QED) is 0.452. The summed E-state index contributed by atoms with van der Waals surface area (Å²) in [6.07, 6.45) is 5.28. The van der Waals surface area contributed by atoms with Crippen LogP contribution in [0.4, 0.5) is 0 Å². The third-order valence-electron chi connectivity index (χ3n) is 4.19. The van der Waals surface area contributed by atoms with E-state index < -0.39 is 5.97 Å². The number of methoxy groups -OCH3 is 1. The number of nitrogens with zero attached hydrogens (tertiary/aromatic N) is 4. The molecule has 0 unspecified atom stereocenters. The average Bonchev–Trinajstić information content (AvgIpc) is 3.20. The van der Waals surface area contributed by atoms with Crippen molar-refractivity contribution < 1.29 is 19.4 Å². The van der Waals surface area contributed by atoms with Crippen LogP contribution < -0.4 is 5.32 Å². The fourth-order valence-electron chi connectivity index (χ4n) is 2.56. The first-order valence-corrected chi connectivity index (χ1v) is 10.1. The lowest BCUT2D eigenvalue weighted by Crippen LogP contribution is -2.32. The predicted octanol–water partition coefficient (Wildman–Crippen LogP) is 3.86. The van der Waals surface area contributed by atoms with Crippen LogP contribution in [0.3, 0.4) is 0 Å². The van der Waals surface area contributed by atoms with Gasteiger partial charge in [0.1, 0.15) is 0 Å². The predicted molar refractivity (Wildman–Crippen MR) is 123 cm³/mol. The molecule has 2 heterocycles. The minimum atomic E-state index is -1.08. The summed E-state index contributed by atoms with van der Waals surface area (Å²) in [6.45, 7) is 12.5. The van der Waals surface area contributed by atoms with Crippen LogP contribution in [0.2, 0.25) is 0 Å². The van der Waals surface area contributed by atoms with Crippen molar-refractivity contribution in [2.45, 2.75) is 34.1 Å². The molecule has 2 aromatic heterocycles. The number of hydrogen-bond donors (Lipinski definition) is 2. The standard InChI is InChI=1S/C23H29N5O4/c1-7-8-20(32-6)25-12-15(2)28-19(17-10-9-16(13-24-17)22(30)31)11-18(27-28)21(29)26-14-23(3,4)5/h8-13H,2,7,14H2,1,3-6H3,(H,26,29)(H,30,31)/b20-8+,25-12-. The van der Waals surface area contributed by atoms with Crippen LogP contribution >= 0.6 is 0 Å². The fraction of sp³-hybridized carbons (Fsp3) is 0.348. The molecule has 0 saturated heterocycles. The van der Waals surface area contributed by atoms with Crippen LogP contribution in [0.25, 0.3) is 17.1 Å². The van der Waals surface area contributed by atoms with E-state index in [1.54, 1.807) is 12.1 Å². The van der Waals surface area contributed by atoms with Gasteiger partial charge < -0.3 is 15.2 Å². The number of carboxylic acid groups (broad SMARTS) is 1. The molecule has 0 aliphatic heterocycles. The van der Waals surface area contributed by atoms with Gasteiger partial charge in [0.25, 0.3) is 5.91 Å². The first kappa shape index (κ1) is 24.5. The minimum Gasteiger partial charge on any atom is -0.481 e. The highest BCUT2D eigenvalue weighted by Gasteiger charge is 2.20. The molecule has 9 nitrogen and oxygen atoms in total. The maximum atomic E-state index is 12.7. The Morgan fingerprint density at radius 2 is 2.06 bits per heavy atom. The lowest BCUT2D eigenvalue weighted by Gasteiger charge is -2.18. The molecule has 2 rings (SSSR count). The van der Waals surface area contributed by atoms with Crippen LogP contribution in [0.1, 0.15) is 55.0 Å². The number of nitrogens with one attached hydrogen (secondary N) is 1. The molecule has 2 N–H and O–H groups in total. The number of aromatic carboxylic acids is 1. The summed E-state index contributed by atoms with van der Waals surface area (Å²) in [7, 11) is 1.52. The summed E-state index contributed by atoms with van der Waals surface area (Å²) in [4.78, 5) is 32.3. The van der Waals surface area contributed by atoms with E-state index in [2.05, 4.69) is 27.0 Å². The van der Waals surface area contributed by atoms with Gasteiger partial charge in [0.15, 0.2) is 5.69 Å². The number of rotatable bonds is 9. The Morgan fingerprint density at radius 3 is 2.59 bits per heavy atom. The number of aliphatic imine (C=N–C) groups is 1. The molecule has 2 aromatic rings. The highest BCUT2D eigenvalue weighted by Crippen LogP contribution is 2.22. The van der Waals surface area contributed by atoms with Crippen molar-refractivity contribution in [3.05, 3.63) is 54.2 Å². The number of carbonyl (C=O) groups is 2.